The third-order valence-electron chi connectivity index (χ3n) is 1.55. The van der Waals surface area contributed by atoms with Gasteiger partial charge in [0.15, 0.2) is 0 Å². The molecule has 1 amide bonds. The van der Waals surface area contributed by atoms with Gasteiger partial charge < -0.3 is 4.90 Å². The van der Waals surface area contributed by atoms with Crippen molar-refractivity contribution in [3.05, 3.63) is 0 Å². The van der Waals surface area contributed by atoms with Gasteiger partial charge in [0.05, 0.1) is 0 Å². The Labute approximate surface area is 80.8 Å². The summed E-state index contributed by atoms with van der Waals surface area (Å²) >= 11 is 0. The Bertz CT molecular complexity index is 241. The molecule has 2 N–H and O–H groups in total. The van der Waals surface area contributed by atoms with Crippen molar-refractivity contribution < 1.29 is 31.1 Å². The van der Waals surface area contributed by atoms with Crippen molar-refractivity contribution in [2.45, 2.75) is 17.9 Å². The fourth-order valence-electron chi connectivity index (χ4n) is 0.761. The molecule has 0 aliphatic rings. The third-order valence-corrected chi connectivity index (χ3v) is 1.55. The van der Waals surface area contributed by atoms with Gasteiger partial charge in [0, 0.05) is 14.1 Å². The fraction of sp³-hybridized carbons (Fsp3) is 0.833. The van der Waals surface area contributed by atoms with E-state index in [9.17, 15) is 31.1 Å². The Balaban J connectivity index is 5.54. The maximum absolute atomic E-state index is 13.1. The molecule has 0 radical (unpaired) electrons. The zero-order valence-corrected chi connectivity index (χ0v) is 7.70. The van der Waals surface area contributed by atoms with E-state index in [-0.39, 0.29) is 4.90 Å². The van der Waals surface area contributed by atoms with Crippen LogP contribution in [0.4, 0.5) is 26.3 Å². The van der Waals surface area contributed by atoms with Crippen molar-refractivity contribution in [3.8, 4) is 0 Å². The van der Waals surface area contributed by atoms with E-state index < -0.39 is 23.8 Å². The van der Waals surface area contributed by atoms with Crippen molar-refractivity contribution in [2.75, 3.05) is 14.1 Å². The molecule has 3 nitrogen and oxygen atoms in total. The summed E-state index contributed by atoms with van der Waals surface area (Å²) in [5, 5.41) is 0. The Morgan fingerprint density at radius 2 is 1.40 bits per heavy atom. The third kappa shape index (κ3) is 2.16. The lowest BCUT2D eigenvalue weighted by atomic mass is 10.0. The monoisotopic (exact) mass is 238 g/mol. The normalized spacial score (nSPS) is 17.1. The molecule has 15 heavy (non-hydrogen) atoms. The molecule has 0 spiro atoms. The summed E-state index contributed by atoms with van der Waals surface area (Å²) in [6.07, 6.45) is -6.09. The molecule has 90 valence electrons. The topological polar surface area (TPSA) is 46.3 Å². The van der Waals surface area contributed by atoms with Crippen LogP contribution in [0.25, 0.3) is 0 Å². The molecule has 0 aromatic heterocycles. The molecule has 0 bridgehead atoms. The highest BCUT2D eigenvalue weighted by molar-refractivity contribution is 5.86. The highest BCUT2D eigenvalue weighted by atomic mass is 19.4. The van der Waals surface area contributed by atoms with Gasteiger partial charge in [-0.1, -0.05) is 0 Å². The molecule has 0 rings (SSSR count). The van der Waals surface area contributed by atoms with E-state index in [4.69, 9.17) is 0 Å². The van der Waals surface area contributed by atoms with E-state index in [1.165, 1.54) is 0 Å². The molecule has 9 heteroatoms. The molecule has 1 atom stereocenters. The lowest BCUT2D eigenvalue weighted by Gasteiger charge is -2.32. The predicted molar refractivity (Wildman–Crippen MR) is 37.7 cm³/mol. The maximum atomic E-state index is 13.1. The molecular weight excluding hydrogens is 230 g/mol. The standard InChI is InChI=1S/C6H8F6N2O/c1-14(2)3(15)4(7,5(8,9)10)6(11,12)13/h13H2,1-2H3. The molecule has 0 saturated carbocycles. The molecule has 1 unspecified atom stereocenters. The van der Waals surface area contributed by atoms with Gasteiger partial charge in [0.2, 0.25) is 0 Å². The first-order valence-electron chi connectivity index (χ1n) is 3.49. The first kappa shape index (κ1) is 14.0. The Hall–Kier alpha value is -0.990. The van der Waals surface area contributed by atoms with Gasteiger partial charge in [0.1, 0.15) is 0 Å². The van der Waals surface area contributed by atoms with Gasteiger partial charge in [-0.05, 0) is 0 Å². The van der Waals surface area contributed by atoms with E-state index >= 15 is 0 Å². The second-order valence-electron chi connectivity index (χ2n) is 2.98. The number of rotatable bonds is 2. The minimum Gasteiger partial charge on any atom is -0.345 e. The molecule has 0 aliphatic carbocycles. The number of nitrogens with two attached hydrogens (primary N) is 1. The van der Waals surface area contributed by atoms with Crippen molar-refractivity contribution in [3.63, 3.8) is 0 Å². The average molecular weight is 238 g/mol. The largest absolute Gasteiger partial charge is 0.439 e. The van der Waals surface area contributed by atoms with Crippen LogP contribution in [0, 0.1) is 0 Å². The molecule has 0 fully saturated rings. The lowest BCUT2D eigenvalue weighted by molar-refractivity contribution is -0.290. The van der Waals surface area contributed by atoms with Crippen LogP contribution >= 0.6 is 0 Å². The summed E-state index contributed by atoms with van der Waals surface area (Å²) < 4.78 is 73.8. The zero-order chi connectivity index (χ0) is 12.7. The highest BCUT2D eigenvalue weighted by Crippen LogP contribution is 2.43. The lowest BCUT2D eigenvalue weighted by Crippen LogP contribution is -2.67. The van der Waals surface area contributed by atoms with Crippen LogP contribution < -0.4 is 5.73 Å². The van der Waals surface area contributed by atoms with Gasteiger partial charge >= 0.3 is 17.9 Å². The van der Waals surface area contributed by atoms with Gasteiger partial charge in [-0.2, -0.15) is 22.0 Å². The summed E-state index contributed by atoms with van der Waals surface area (Å²) in [4.78, 5) is 10.8. The number of nitrogens with zero attached hydrogens (tertiary/aromatic N) is 1. The van der Waals surface area contributed by atoms with Crippen LogP contribution in [0.2, 0.25) is 0 Å². The summed E-state index contributed by atoms with van der Waals surface area (Å²) in [6.45, 7) is 0. The van der Waals surface area contributed by atoms with Crippen molar-refractivity contribution >= 4 is 5.91 Å². The van der Waals surface area contributed by atoms with Gasteiger partial charge in [-0.25, -0.2) is 4.39 Å². The second-order valence-corrected chi connectivity index (χ2v) is 2.98. The summed E-state index contributed by atoms with van der Waals surface area (Å²) in [5.74, 6) is -2.46. The SMILES string of the molecule is CN(C)C(=O)C(F)(C(N)(F)F)C(F)(F)F. The molecular formula is C6H8F6N2O. The number of carbonyl (C=O) groups excluding carboxylic acids is 1. The van der Waals surface area contributed by atoms with Crippen LogP contribution in [0.1, 0.15) is 0 Å². The molecule has 0 saturated heterocycles. The van der Waals surface area contributed by atoms with Crippen molar-refractivity contribution in [1.82, 2.24) is 4.90 Å². The maximum Gasteiger partial charge on any atom is 0.439 e. The van der Waals surface area contributed by atoms with Gasteiger partial charge in [-0.3, -0.25) is 10.5 Å². The van der Waals surface area contributed by atoms with E-state index in [0.29, 0.717) is 14.1 Å². The number of alkyl halides is 6. The Morgan fingerprint density at radius 1 is 1.07 bits per heavy atom. The number of hydrogen-bond acceptors (Lipinski definition) is 2. The summed E-state index contributed by atoms with van der Waals surface area (Å²) in [5.41, 5.74) is -1.65. The molecule has 0 aliphatic heterocycles. The average Bonchev–Trinajstić information content (AvgIpc) is 1.96. The Morgan fingerprint density at radius 3 is 1.47 bits per heavy atom. The first-order chi connectivity index (χ1) is 6.35. The van der Waals surface area contributed by atoms with Gasteiger partial charge in [0.25, 0.3) is 5.91 Å². The van der Waals surface area contributed by atoms with Crippen LogP contribution in [-0.2, 0) is 4.79 Å². The van der Waals surface area contributed by atoms with E-state index in [1.54, 1.807) is 0 Å². The number of amides is 1. The summed E-state index contributed by atoms with van der Waals surface area (Å²) in [7, 11) is 1.41. The van der Waals surface area contributed by atoms with E-state index in [2.05, 4.69) is 5.73 Å². The van der Waals surface area contributed by atoms with Crippen molar-refractivity contribution in [2.24, 2.45) is 5.73 Å². The number of hydrogen-bond donors (Lipinski definition) is 1. The molecule has 0 aromatic carbocycles. The molecule has 0 aromatic rings. The van der Waals surface area contributed by atoms with Crippen molar-refractivity contribution in [1.29, 1.82) is 0 Å². The predicted octanol–water partition coefficient (Wildman–Crippen LogP) is 0.897. The first-order valence-corrected chi connectivity index (χ1v) is 3.49. The van der Waals surface area contributed by atoms with Gasteiger partial charge in [-0.15, -0.1) is 0 Å². The van der Waals surface area contributed by atoms with E-state index in [1.807, 2.05) is 0 Å². The Kier molecular flexibility index (Phi) is 3.31. The van der Waals surface area contributed by atoms with Crippen LogP contribution in [0.5, 0.6) is 0 Å². The zero-order valence-electron chi connectivity index (χ0n) is 7.70. The number of halogens is 6. The smallest absolute Gasteiger partial charge is 0.345 e. The quantitative estimate of drug-likeness (QED) is 0.573. The number of carbonyl (C=O) groups is 1. The minimum absolute atomic E-state index is 0.0499. The fourth-order valence-corrected chi connectivity index (χ4v) is 0.761. The highest BCUT2D eigenvalue weighted by Gasteiger charge is 2.75. The molecule has 0 heterocycles. The minimum atomic E-state index is -6.09. The van der Waals surface area contributed by atoms with Crippen LogP contribution in [0.3, 0.4) is 0 Å². The van der Waals surface area contributed by atoms with E-state index in [0.717, 1.165) is 0 Å². The second kappa shape index (κ2) is 3.54. The van der Waals surface area contributed by atoms with Crippen LogP contribution in [-0.4, -0.2) is 42.8 Å². The summed E-state index contributed by atoms with van der Waals surface area (Å²) in [6, 6.07) is -5.34. The van der Waals surface area contributed by atoms with Crippen LogP contribution in [0.15, 0.2) is 0 Å².